The summed E-state index contributed by atoms with van der Waals surface area (Å²) in [5.41, 5.74) is 1.97. The van der Waals surface area contributed by atoms with Crippen LogP contribution in [0.15, 0.2) is 18.2 Å². The smallest absolute Gasteiger partial charge is 0.251 e. The van der Waals surface area contributed by atoms with Gasteiger partial charge in [0.15, 0.2) is 0 Å². The van der Waals surface area contributed by atoms with Gasteiger partial charge in [0.05, 0.1) is 0 Å². The van der Waals surface area contributed by atoms with E-state index in [1.807, 2.05) is 6.92 Å². The number of benzene rings is 1. The average Bonchev–Trinajstić information content (AvgIpc) is 2.46. The molecular weight excluding hydrogens is 288 g/mol. The predicted molar refractivity (Wildman–Crippen MR) is 85.5 cm³/mol. The van der Waals surface area contributed by atoms with Crippen molar-refractivity contribution in [2.24, 2.45) is 0 Å². The van der Waals surface area contributed by atoms with Gasteiger partial charge in [-0.05, 0) is 43.5 Å². The Balaban J connectivity index is 2.63. The van der Waals surface area contributed by atoms with Crippen LogP contribution in [0.1, 0.15) is 35.2 Å². The Morgan fingerprint density at radius 1 is 1.29 bits per heavy atom. The molecule has 0 aliphatic carbocycles. The lowest BCUT2D eigenvalue weighted by Crippen LogP contribution is -2.24. The van der Waals surface area contributed by atoms with E-state index in [1.54, 1.807) is 18.2 Å². The molecule has 0 spiro atoms. The summed E-state index contributed by atoms with van der Waals surface area (Å²) in [5, 5.41) is 5.47. The zero-order valence-corrected chi connectivity index (χ0v) is 12.8. The van der Waals surface area contributed by atoms with Crippen molar-refractivity contribution in [3.63, 3.8) is 0 Å². The van der Waals surface area contributed by atoms with Crippen LogP contribution in [0.25, 0.3) is 0 Å². The number of unbranched alkanes of at least 4 members (excludes halogenated alkanes) is 2. The number of nitrogens with one attached hydrogen (secondary N) is 2. The summed E-state index contributed by atoms with van der Waals surface area (Å²) in [5.74, 6) is 1.97. The quantitative estimate of drug-likeness (QED) is 0.462. The minimum atomic E-state index is -0.303. The molecule has 5 heteroatoms. The molecular formula is C16H19ClN2O2. The lowest BCUT2D eigenvalue weighted by Gasteiger charge is -2.09. The van der Waals surface area contributed by atoms with Crippen molar-refractivity contribution in [1.29, 1.82) is 0 Å². The van der Waals surface area contributed by atoms with Crippen molar-refractivity contribution in [1.82, 2.24) is 5.32 Å². The molecule has 1 aromatic rings. The van der Waals surface area contributed by atoms with E-state index in [4.69, 9.17) is 18.0 Å². The summed E-state index contributed by atoms with van der Waals surface area (Å²) in [6.07, 6.45) is 7.62. The first-order chi connectivity index (χ1) is 10.1. The summed E-state index contributed by atoms with van der Waals surface area (Å²) in [4.78, 5) is 23.3. The third-order valence-electron chi connectivity index (χ3n) is 2.78. The standard InChI is InChI=1S/C16H19ClN2O2/c1-3-4-5-6-7-18-16(21)13-8-12(2)9-14(10-13)19-15(20)11-17/h1,8-10H,4-7,11H2,2H3,(H,18,21)(H,19,20). The van der Waals surface area contributed by atoms with E-state index >= 15 is 0 Å². The van der Waals surface area contributed by atoms with Crippen molar-refractivity contribution < 1.29 is 9.59 Å². The van der Waals surface area contributed by atoms with Gasteiger partial charge in [-0.1, -0.05) is 0 Å². The van der Waals surface area contributed by atoms with Gasteiger partial charge in [0, 0.05) is 24.2 Å². The lowest BCUT2D eigenvalue weighted by atomic mass is 10.1. The molecule has 0 radical (unpaired) electrons. The summed E-state index contributed by atoms with van der Waals surface area (Å²) in [7, 11) is 0. The normalized spacial score (nSPS) is 9.76. The lowest BCUT2D eigenvalue weighted by molar-refractivity contribution is -0.113. The van der Waals surface area contributed by atoms with Gasteiger partial charge in [-0.2, -0.15) is 0 Å². The fourth-order valence-electron chi connectivity index (χ4n) is 1.84. The topological polar surface area (TPSA) is 58.2 Å². The summed E-state index contributed by atoms with van der Waals surface area (Å²) in [6.45, 7) is 2.44. The van der Waals surface area contributed by atoms with Gasteiger partial charge < -0.3 is 10.6 Å². The minimum absolute atomic E-state index is 0.120. The first-order valence-electron chi connectivity index (χ1n) is 6.76. The number of hydrogen-bond donors (Lipinski definition) is 2. The molecule has 4 nitrogen and oxygen atoms in total. The Morgan fingerprint density at radius 2 is 2.05 bits per heavy atom. The van der Waals surface area contributed by atoms with Gasteiger partial charge in [-0.3, -0.25) is 9.59 Å². The largest absolute Gasteiger partial charge is 0.352 e. The molecule has 0 unspecified atom stereocenters. The second-order valence-electron chi connectivity index (χ2n) is 4.69. The number of carbonyl (C=O) groups excluding carboxylic acids is 2. The number of hydrogen-bond acceptors (Lipinski definition) is 2. The fraction of sp³-hybridized carbons (Fsp3) is 0.375. The van der Waals surface area contributed by atoms with Crippen LogP contribution in [-0.2, 0) is 4.79 Å². The van der Waals surface area contributed by atoms with Gasteiger partial charge in [-0.25, -0.2) is 0 Å². The molecule has 0 aromatic heterocycles. The Kier molecular flexibility index (Phi) is 7.34. The van der Waals surface area contributed by atoms with Crippen LogP contribution in [0.2, 0.25) is 0 Å². The number of anilines is 1. The Bertz CT molecular complexity index is 550. The zero-order valence-electron chi connectivity index (χ0n) is 12.0. The maximum Gasteiger partial charge on any atom is 0.251 e. The number of terminal acetylenes is 1. The van der Waals surface area contributed by atoms with Crippen LogP contribution >= 0.6 is 11.6 Å². The monoisotopic (exact) mass is 306 g/mol. The van der Waals surface area contributed by atoms with E-state index in [0.29, 0.717) is 17.8 Å². The number of aryl methyl sites for hydroxylation is 1. The van der Waals surface area contributed by atoms with E-state index in [0.717, 1.165) is 24.8 Å². The average molecular weight is 307 g/mol. The molecule has 0 atom stereocenters. The molecule has 1 aromatic carbocycles. The van der Waals surface area contributed by atoms with Crippen molar-refractivity contribution >= 4 is 29.1 Å². The van der Waals surface area contributed by atoms with Gasteiger partial charge >= 0.3 is 0 Å². The molecule has 21 heavy (non-hydrogen) atoms. The van der Waals surface area contributed by atoms with Gasteiger partial charge in [0.2, 0.25) is 5.91 Å². The minimum Gasteiger partial charge on any atom is -0.352 e. The van der Waals surface area contributed by atoms with E-state index < -0.39 is 0 Å². The second kappa shape index (κ2) is 9.04. The highest BCUT2D eigenvalue weighted by atomic mass is 35.5. The molecule has 0 heterocycles. The van der Waals surface area contributed by atoms with E-state index in [2.05, 4.69) is 16.6 Å². The molecule has 112 valence electrons. The highest BCUT2D eigenvalue weighted by Crippen LogP contribution is 2.14. The SMILES string of the molecule is C#CCCCCNC(=O)c1cc(C)cc(NC(=O)CCl)c1. The Labute approximate surface area is 130 Å². The molecule has 1 rings (SSSR count). The number of rotatable bonds is 7. The first kappa shape index (κ1) is 17.1. The number of alkyl halides is 1. The highest BCUT2D eigenvalue weighted by Gasteiger charge is 2.08. The van der Waals surface area contributed by atoms with Crippen molar-refractivity contribution in [3.8, 4) is 12.3 Å². The fourth-order valence-corrected chi connectivity index (χ4v) is 1.90. The zero-order chi connectivity index (χ0) is 15.7. The van der Waals surface area contributed by atoms with Crippen molar-refractivity contribution in [3.05, 3.63) is 29.3 Å². The van der Waals surface area contributed by atoms with E-state index in [9.17, 15) is 9.59 Å². The molecule has 0 saturated carbocycles. The number of carbonyl (C=O) groups is 2. The maximum atomic E-state index is 12.0. The third kappa shape index (κ3) is 6.33. The molecule has 0 bridgehead atoms. The number of halogens is 1. The predicted octanol–water partition coefficient (Wildman–Crippen LogP) is 2.71. The first-order valence-corrected chi connectivity index (χ1v) is 7.29. The molecule has 0 fully saturated rings. The van der Waals surface area contributed by atoms with Gasteiger partial charge in [0.25, 0.3) is 5.91 Å². The van der Waals surface area contributed by atoms with E-state index in [-0.39, 0.29) is 17.7 Å². The van der Waals surface area contributed by atoms with Crippen LogP contribution in [-0.4, -0.2) is 24.2 Å². The van der Waals surface area contributed by atoms with Crippen LogP contribution in [0.4, 0.5) is 5.69 Å². The van der Waals surface area contributed by atoms with Crippen molar-refractivity contribution in [2.45, 2.75) is 26.2 Å². The summed E-state index contributed by atoms with van der Waals surface area (Å²) < 4.78 is 0. The van der Waals surface area contributed by atoms with Crippen LogP contribution in [0.5, 0.6) is 0 Å². The van der Waals surface area contributed by atoms with E-state index in [1.165, 1.54) is 0 Å². The van der Waals surface area contributed by atoms with Gasteiger partial charge in [-0.15, -0.1) is 23.9 Å². The molecule has 0 saturated heterocycles. The molecule has 0 aliphatic rings. The van der Waals surface area contributed by atoms with Gasteiger partial charge in [0.1, 0.15) is 5.88 Å². The molecule has 2 amide bonds. The molecule has 0 aliphatic heterocycles. The van der Waals surface area contributed by atoms with Crippen LogP contribution in [0.3, 0.4) is 0 Å². The molecule has 2 N–H and O–H groups in total. The Morgan fingerprint density at radius 3 is 2.71 bits per heavy atom. The maximum absolute atomic E-state index is 12.0. The second-order valence-corrected chi connectivity index (χ2v) is 4.95. The van der Waals surface area contributed by atoms with Crippen molar-refractivity contribution in [2.75, 3.05) is 17.7 Å². The summed E-state index contributed by atoms with van der Waals surface area (Å²) >= 11 is 5.45. The third-order valence-corrected chi connectivity index (χ3v) is 3.02. The van der Waals surface area contributed by atoms with Crippen LogP contribution in [0, 0.1) is 19.3 Å². The highest BCUT2D eigenvalue weighted by molar-refractivity contribution is 6.29. The Hall–Kier alpha value is -1.99. The van der Waals surface area contributed by atoms with Crippen LogP contribution < -0.4 is 10.6 Å². The number of amides is 2. The summed E-state index contributed by atoms with van der Waals surface area (Å²) in [6, 6.07) is 5.19.